The molecule has 2 atom stereocenters. The van der Waals surface area contributed by atoms with E-state index in [9.17, 15) is 10.1 Å². The van der Waals surface area contributed by atoms with Crippen LogP contribution in [0.4, 0.5) is 10.5 Å². The maximum absolute atomic E-state index is 12.6. The van der Waals surface area contributed by atoms with Crippen LogP contribution in [-0.2, 0) is 6.42 Å². The second-order valence-electron chi connectivity index (χ2n) is 7.80. The Labute approximate surface area is 176 Å². The van der Waals surface area contributed by atoms with Gasteiger partial charge in [0.2, 0.25) is 0 Å². The fraction of sp³-hybridized carbons (Fsp3) is 0.391. The number of ether oxygens (including phenoxy) is 2. The van der Waals surface area contributed by atoms with Crippen molar-refractivity contribution in [2.75, 3.05) is 32.6 Å². The van der Waals surface area contributed by atoms with Gasteiger partial charge in [0.15, 0.2) is 11.5 Å². The molecule has 0 aliphatic carbocycles. The fourth-order valence-electron chi connectivity index (χ4n) is 4.50. The zero-order chi connectivity index (χ0) is 21.1. The van der Waals surface area contributed by atoms with Gasteiger partial charge in [-0.1, -0.05) is 18.2 Å². The van der Waals surface area contributed by atoms with Gasteiger partial charge in [0.1, 0.15) is 5.54 Å². The van der Waals surface area contributed by atoms with E-state index in [4.69, 9.17) is 9.47 Å². The lowest BCUT2D eigenvalue weighted by atomic mass is 9.78. The molecule has 4 rings (SSSR count). The maximum Gasteiger partial charge on any atom is 0.320 e. The van der Waals surface area contributed by atoms with E-state index in [2.05, 4.69) is 21.6 Å². The molecule has 1 fully saturated rings. The molecule has 30 heavy (non-hydrogen) atoms. The molecule has 0 bridgehead atoms. The predicted molar refractivity (Wildman–Crippen MR) is 114 cm³/mol. The third kappa shape index (κ3) is 3.79. The van der Waals surface area contributed by atoms with E-state index < -0.39 is 5.54 Å². The summed E-state index contributed by atoms with van der Waals surface area (Å²) in [4.78, 5) is 15.0. The minimum Gasteiger partial charge on any atom is -0.493 e. The van der Waals surface area contributed by atoms with E-state index in [0.29, 0.717) is 30.0 Å². The molecule has 2 aliphatic rings. The lowest BCUT2D eigenvalue weighted by molar-refractivity contribution is 0.0956. The highest BCUT2D eigenvalue weighted by Gasteiger charge is 2.44. The highest BCUT2D eigenvalue weighted by Crippen LogP contribution is 2.44. The molecule has 156 valence electrons. The first-order valence-corrected chi connectivity index (χ1v) is 10.1. The quantitative estimate of drug-likeness (QED) is 0.812. The number of fused-ring (bicyclic) bond motifs is 3. The van der Waals surface area contributed by atoms with Crippen molar-refractivity contribution in [2.24, 2.45) is 0 Å². The van der Waals surface area contributed by atoms with Crippen LogP contribution in [0.5, 0.6) is 11.5 Å². The second-order valence-corrected chi connectivity index (χ2v) is 7.80. The Balaban J connectivity index is 1.57. The van der Waals surface area contributed by atoms with Gasteiger partial charge in [-0.05, 0) is 48.2 Å². The zero-order valence-corrected chi connectivity index (χ0v) is 17.3. The van der Waals surface area contributed by atoms with Crippen molar-refractivity contribution in [1.82, 2.24) is 10.2 Å². The number of nitrogens with zero attached hydrogens (tertiary/aromatic N) is 2. The third-order valence-corrected chi connectivity index (χ3v) is 6.08. The summed E-state index contributed by atoms with van der Waals surface area (Å²) in [6.07, 6.45) is 2.03. The molecule has 2 amide bonds. The Bertz CT molecular complexity index is 972. The second kappa shape index (κ2) is 8.25. The number of para-hydroxylation sites is 1. The summed E-state index contributed by atoms with van der Waals surface area (Å²) < 4.78 is 11.0. The summed E-state index contributed by atoms with van der Waals surface area (Å²) in [6.45, 7) is 1.67. The fourth-order valence-corrected chi connectivity index (χ4v) is 4.50. The van der Waals surface area contributed by atoms with E-state index in [1.54, 1.807) is 14.2 Å². The zero-order valence-electron chi connectivity index (χ0n) is 17.3. The first-order valence-electron chi connectivity index (χ1n) is 10.1. The van der Waals surface area contributed by atoms with Crippen LogP contribution in [0.25, 0.3) is 0 Å². The topological polar surface area (TPSA) is 86.6 Å². The van der Waals surface area contributed by atoms with Crippen LogP contribution in [0.2, 0.25) is 0 Å². The molecule has 7 nitrogen and oxygen atoms in total. The predicted octanol–water partition coefficient (Wildman–Crippen LogP) is 3.48. The number of hydrogen-bond donors (Lipinski definition) is 2. The van der Waals surface area contributed by atoms with Gasteiger partial charge in [0.05, 0.1) is 20.3 Å². The first-order chi connectivity index (χ1) is 14.6. The number of hydrogen-bond acceptors (Lipinski definition) is 5. The molecule has 0 saturated carbocycles. The molecule has 1 saturated heterocycles. The molecule has 2 aromatic rings. The molecule has 0 radical (unpaired) electrons. The normalized spacial score (nSPS) is 22.8. The number of carbonyl (C=O) groups excluding carboxylic acids is 1. The lowest BCUT2D eigenvalue weighted by Crippen LogP contribution is -2.57. The molecule has 2 N–H and O–H groups in total. The molecular formula is C23H26N4O3. The van der Waals surface area contributed by atoms with Crippen molar-refractivity contribution >= 4 is 11.7 Å². The number of rotatable bonds is 4. The average Bonchev–Trinajstić information content (AvgIpc) is 2.78. The molecule has 0 aromatic heterocycles. The molecule has 0 unspecified atom stereocenters. The molecular weight excluding hydrogens is 380 g/mol. The van der Waals surface area contributed by atoms with Crippen molar-refractivity contribution in [1.29, 1.82) is 5.26 Å². The lowest BCUT2D eigenvalue weighted by Gasteiger charge is -2.46. The van der Waals surface area contributed by atoms with Crippen molar-refractivity contribution in [3.63, 3.8) is 0 Å². The van der Waals surface area contributed by atoms with Crippen LogP contribution in [-0.4, -0.2) is 43.8 Å². The summed E-state index contributed by atoms with van der Waals surface area (Å²) in [5.74, 6) is 1.40. The number of urea groups is 1. The van der Waals surface area contributed by atoms with Crippen LogP contribution in [0.3, 0.4) is 0 Å². The highest BCUT2D eigenvalue weighted by molar-refractivity contribution is 5.90. The summed E-state index contributed by atoms with van der Waals surface area (Å²) in [7, 11) is 3.26. The van der Waals surface area contributed by atoms with Crippen LogP contribution >= 0.6 is 0 Å². The smallest absolute Gasteiger partial charge is 0.320 e. The standard InChI is InChI=1S/C23H26N4O3/c1-29-20-12-16-8-10-27-11-9-23(15-24,14-19(27)18(16)13-21(20)30-2)26-22(28)25-17-6-4-3-5-7-17/h3-7,12-13,19H,8-11,14H2,1-2H3,(H2,25,26,28)/t19-,23+/m0/s1. The van der Waals surface area contributed by atoms with Crippen LogP contribution in [0.15, 0.2) is 42.5 Å². The van der Waals surface area contributed by atoms with Gasteiger partial charge < -0.3 is 20.1 Å². The van der Waals surface area contributed by atoms with E-state index >= 15 is 0 Å². The van der Waals surface area contributed by atoms with Crippen LogP contribution < -0.4 is 20.1 Å². The minimum atomic E-state index is -0.929. The largest absolute Gasteiger partial charge is 0.493 e. The molecule has 0 spiro atoms. The maximum atomic E-state index is 12.6. The van der Waals surface area contributed by atoms with Crippen molar-refractivity contribution in [3.05, 3.63) is 53.6 Å². The SMILES string of the molecule is COc1cc2c(cc1OC)[C@@H]1C[C@](C#N)(NC(=O)Nc3ccccc3)CCN1CC2. The minimum absolute atomic E-state index is 0.0407. The first kappa shape index (κ1) is 20.0. The Morgan fingerprint density at radius 2 is 1.90 bits per heavy atom. The van der Waals surface area contributed by atoms with Crippen molar-refractivity contribution in [2.45, 2.75) is 30.8 Å². The van der Waals surface area contributed by atoms with Crippen molar-refractivity contribution in [3.8, 4) is 17.6 Å². The number of carbonyl (C=O) groups is 1. The Kier molecular flexibility index (Phi) is 5.51. The average molecular weight is 406 g/mol. The summed E-state index contributed by atoms with van der Waals surface area (Å²) in [5, 5.41) is 15.8. The number of nitriles is 1. The van der Waals surface area contributed by atoms with Crippen LogP contribution in [0.1, 0.15) is 30.0 Å². The Morgan fingerprint density at radius 1 is 1.17 bits per heavy atom. The van der Waals surface area contributed by atoms with Gasteiger partial charge in [-0.2, -0.15) is 5.26 Å². The molecule has 7 heteroatoms. The number of anilines is 1. The van der Waals surface area contributed by atoms with Gasteiger partial charge in [-0.15, -0.1) is 0 Å². The Morgan fingerprint density at radius 3 is 2.60 bits per heavy atom. The number of benzene rings is 2. The molecule has 2 aliphatic heterocycles. The number of methoxy groups -OCH3 is 2. The van der Waals surface area contributed by atoms with E-state index in [-0.39, 0.29) is 12.1 Å². The van der Waals surface area contributed by atoms with Gasteiger partial charge in [0.25, 0.3) is 0 Å². The number of nitrogens with one attached hydrogen (secondary N) is 2. The number of amides is 2. The van der Waals surface area contributed by atoms with E-state index in [1.807, 2.05) is 42.5 Å². The Hall–Kier alpha value is -3.24. The highest BCUT2D eigenvalue weighted by atomic mass is 16.5. The van der Waals surface area contributed by atoms with Gasteiger partial charge >= 0.3 is 6.03 Å². The van der Waals surface area contributed by atoms with Crippen molar-refractivity contribution < 1.29 is 14.3 Å². The molecule has 2 heterocycles. The third-order valence-electron chi connectivity index (χ3n) is 6.08. The van der Waals surface area contributed by atoms with Gasteiger partial charge in [0, 0.05) is 31.2 Å². The monoisotopic (exact) mass is 406 g/mol. The summed E-state index contributed by atoms with van der Waals surface area (Å²) in [6, 6.07) is 15.4. The summed E-state index contributed by atoms with van der Waals surface area (Å²) >= 11 is 0. The number of piperidine rings is 1. The van der Waals surface area contributed by atoms with E-state index in [1.165, 1.54) is 5.56 Å². The molecule has 2 aromatic carbocycles. The summed E-state index contributed by atoms with van der Waals surface area (Å²) in [5.41, 5.74) is 2.11. The van der Waals surface area contributed by atoms with Gasteiger partial charge in [-0.25, -0.2) is 4.79 Å². The van der Waals surface area contributed by atoms with E-state index in [0.717, 1.165) is 25.1 Å². The van der Waals surface area contributed by atoms with Crippen LogP contribution in [0, 0.1) is 11.3 Å². The van der Waals surface area contributed by atoms with Gasteiger partial charge in [-0.3, -0.25) is 4.90 Å².